The van der Waals surface area contributed by atoms with Crippen molar-refractivity contribution in [2.45, 2.75) is 26.2 Å². The summed E-state index contributed by atoms with van der Waals surface area (Å²) in [6, 6.07) is 4.78. The zero-order valence-electron chi connectivity index (χ0n) is 10.4. The smallest absolute Gasteiger partial charge is 0.183 e. The summed E-state index contributed by atoms with van der Waals surface area (Å²) in [5.41, 5.74) is 0.752. The highest BCUT2D eigenvalue weighted by Crippen LogP contribution is 2.31. The maximum absolute atomic E-state index is 13.1. The molecule has 2 atom stereocenters. The van der Waals surface area contributed by atoms with Crippen LogP contribution in [-0.4, -0.2) is 11.5 Å². The second-order valence-corrected chi connectivity index (χ2v) is 6.33. The Kier molecular flexibility index (Phi) is 3.20. The molecule has 1 heterocycles. The van der Waals surface area contributed by atoms with E-state index in [9.17, 15) is 4.39 Å². The van der Waals surface area contributed by atoms with Crippen LogP contribution in [0.2, 0.25) is 0 Å². The highest BCUT2D eigenvalue weighted by Gasteiger charge is 2.21. The summed E-state index contributed by atoms with van der Waals surface area (Å²) in [4.78, 5) is 4.42. The molecule has 1 fully saturated rings. The van der Waals surface area contributed by atoms with Crippen LogP contribution in [-0.2, 0) is 0 Å². The van der Waals surface area contributed by atoms with Crippen LogP contribution in [0.1, 0.15) is 26.2 Å². The molecule has 0 radical (unpaired) electrons. The van der Waals surface area contributed by atoms with Gasteiger partial charge in [-0.15, -0.1) is 0 Å². The van der Waals surface area contributed by atoms with Gasteiger partial charge in [-0.1, -0.05) is 24.7 Å². The number of nitrogens with one attached hydrogen (secondary N) is 1. The first-order valence-electron chi connectivity index (χ1n) is 6.50. The normalized spacial score (nSPS) is 23.7. The minimum absolute atomic E-state index is 0.219. The largest absolute Gasteiger partial charge is 0.361 e. The number of rotatable bonds is 3. The topological polar surface area (TPSA) is 24.9 Å². The van der Waals surface area contributed by atoms with Gasteiger partial charge < -0.3 is 5.32 Å². The molecule has 96 valence electrons. The summed E-state index contributed by atoms with van der Waals surface area (Å²) in [6.45, 7) is 3.31. The van der Waals surface area contributed by atoms with Crippen molar-refractivity contribution in [2.75, 3.05) is 11.9 Å². The average molecular weight is 264 g/mol. The quantitative estimate of drug-likeness (QED) is 0.894. The van der Waals surface area contributed by atoms with E-state index in [4.69, 9.17) is 0 Å². The van der Waals surface area contributed by atoms with Gasteiger partial charge in [0, 0.05) is 12.6 Å². The Labute approximate surface area is 110 Å². The Morgan fingerprint density at radius 2 is 2.33 bits per heavy atom. The zero-order chi connectivity index (χ0) is 12.5. The van der Waals surface area contributed by atoms with Crippen molar-refractivity contribution < 1.29 is 4.39 Å². The second-order valence-electron chi connectivity index (χ2n) is 5.30. The van der Waals surface area contributed by atoms with Gasteiger partial charge in [0.05, 0.1) is 10.2 Å². The Hall–Kier alpha value is -1.16. The van der Waals surface area contributed by atoms with E-state index in [1.54, 1.807) is 17.4 Å². The van der Waals surface area contributed by atoms with Crippen LogP contribution in [0.15, 0.2) is 18.2 Å². The van der Waals surface area contributed by atoms with Crippen LogP contribution in [0.25, 0.3) is 10.2 Å². The second kappa shape index (κ2) is 4.84. The van der Waals surface area contributed by atoms with Crippen molar-refractivity contribution in [3.05, 3.63) is 24.0 Å². The number of nitrogens with zero attached hydrogens (tertiary/aromatic N) is 1. The Bertz CT molecular complexity index is 552. The molecule has 1 aliphatic carbocycles. The first-order valence-corrected chi connectivity index (χ1v) is 7.32. The molecule has 0 spiro atoms. The minimum Gasteiger partial charge on any atom is -0.361 e. The molecule has 2 unspecified atom stereocenters. The molecule has 0 amide bonds. The number of anilines is 1. The molecule has 1 N–H and O–H groups in total. The van der Waals surface area contributed by atoms with Gasteiger partial charge in [-0.3, -0.25) is 0 Å². The fourth-order valence-electron chi connectivity index (χ4n) is 2.72. The fraction of sp³-hybridized carbons (Fsp3) is 0.500. The number of aromatic nitrogens is 1. The number of benzene rings is 1. The van der Waals surface area contributed by atoms with Gasteiger partial charge in [0.2, 0.25) is 0 Å². The van der Waals surface area contributed by atoms with Crippen LogP contribution >= 0.6 is 11.3 Å². The highest BCUT2D eigenvalue weighted by molar-refractivity contribution is 7.22. The number of fused-ring (bicyclic) bond motifs is 1. The van der Waals surface area contributed by atoms with E-state index in [0.29, 0.717) is 0 Å². The van der Waals surface area contributed by atoms with E-state index < -0.39 is 0 Å². The molecule has 3 rings (SSSR count). The Balaban J connectivity index is 1.67. The lowest BCUT2D eigenvalue weighted by atomic mass is 10.1. The molecule has 0 bridgehead atoms. The van der Waals surface area contributed by atoms with Gasteiger partial charge in [0.15, 0.2) is 5.13 Å². The molecular weight excluding hydrogens is 247 g/mol. The van der Waals surface area contributed by atoms with Crippen LogP contribution in [0, 0.1) is 17.7 Å². The summed E-state index contributed by atoms with van der Waals surface area (Å²) >= 11 is 1.60. The van der Waals surface area contributed by atoms with Crippen molar-refractivity contribution in [3.8, 4) is 0 Å². The standard InChI is InChI=1S/C14H17FN2S/c1-9-2-3-10(6-9)8-16-14-17-12-7-11(15)4-5-13(12)18-14/h4-5,7,9-10H,2-3,6,8H2,1H3,(H,16,17). The molecule has 0 aliphatic heterocycles. The zero-order valence-corrected chi connectivity index (χ0v) is 11.3. The molecule has 1 aromatic heterocycles. The summed E-state index contributed by atoms with van der Waals surface area (Å²) < 4.78 is 14.1. The van der Waals surface area contributed by atoms with Gasteiger partial charge in [-0.25, -0.2) is 9.37 Å². The van der Waals surface area contributed by atoms with Gasteiger partial charge in [-0.05, 0) is 36.8 Å². The van der Waals surface area contributed by atoms with Crippen LogP contribution in [0.5, 0.6) is 0 Å². The summed E-state index contributed by atoms with van der Waals surface area (Å²) in [5, 5.41) is 4.31. The van der Waals surface area contributed by atoms with E-state index in [2.05, 4.69) is 17.2 Å². The summed E-state index contributed by atoms with van der Waals surface area (Å²) in [6.07, 6.45) is 3.97. The van der Waals surface area contributed by atoms with Gasteiger partial charge in [0.1, 0.15) is 5.82 Å². The lowest BCUT2D eigenvalue weighted by Crippen LogP contribution is -2.11. The molecule has 1 aromatic carbocycles. The predicted octanol–water partition coefficient (Wildman–Crippen LogP) is 4.28. The predicted molar refractivity (Wildman–Crippen MR) is 74.6 cm³/mol. The van der Waals surface area contributed by atoms with Gasteiger partial charge in [0.25, 0.3) is 0 Å². The van der Waals surface area contributed by atoms with E-state index in [1.807, 2.05) is 0 Å². The van der Waals surface area contributed by atoms with Crippen molar-refractivity contribution >= 4 is 26.7 Å². The molecule has 0 saturated heterocycles. The maximum Gasteiger partial charge on any atom is 0.183 e. The van der Waals surface area contributed by atoms with Crippen LogP contribution < -0.4 is 5.32 Å². The number of hydrogen-bond donors (Lipinski definition) is 1. The number of hydrogen-bond acceptors (Lipinski definition) is 3. The molecule has 2 aromatic rings. The lowest BCUT2D eigenvalue weighted by molar-refractivity contribution is 0.537. The van der Waals surface area contributed by atoms with Crippen LogP contribution in [0.3, 0.4) is 0 Å². The third kappa shape index (κ3) is 2.48. The van der Waals surface area contributed by atoms with Crippen LogP contribution in [0.4, 0.5) is 9.52 Å². The van der Waals surface area contributed by atoms with Crippen molar-refractivity contribution in [2.24, 2.45) is 11.8 Å². The maximum atomic E-state index is 13.1. The van der Waals surface area contributed by atoms with E-state index >= 15 is 0 Å². The van der Waals surface area contributed by atoms with Crippen molar-refractivity contribution in [1.82, 2.24) is 4.98 Å². The average Bonchev–Trinajstić information content (AvgIpc) is 2.92. The molecular formula is C14H17FN2S. The van der Waals surface area contributed by atoms with E-state index in [-0.39, 0.29) is 5.82 Å². The number of halogens is 1. The fourth-order valence-corrected chi connectivity index (χ4v) is 3.57. The van der Waals surface area contributed by atoms with Crippen molar-refractivity contribution in [1.29, 1.82) is 0 Å². The first kappa shape index (κ1) is 11.9. The van der Waals surface area contributed by atoms with Gasteiger partial charge >= 0.3 is 0 Å². The van der Waals surface area contributed by atoms with Gasteiger partial charge in [-0.2, -0.15) is 0 Å². The first-order chi connectivity index (χ1) is 8.70. The summed E-state index contributed by atoms with van der Waals surface area (Å²) in [5.74, 6) is 1.41. The van der Waals surface area contributed by atoms with Crippen molar-refractivity contribution in [3.63, 3.8) is 0 Å². The SMILES string of the molecule is CC1CCC(CNc2nc3cc(F)ccc3s2)C1. The third-order valence-corrected chi connectivity index (χ3v) is 4.69. The summed E-state index contributed by atoms with van der Waals surface area (Å²) in [7, 11) is 0. The molecule has 18 heavy (non-hydrogen) atoms. The van der Waals surface area contributed by atoms with E-state index in [0.717, 1.165) is 33.7 Å². The molecule has 1 aliphatic rings. The minimum atomic E-state index is -0.219. The highest BCUT2D eigenvalue weighted by atomic mass is 32.1. The Morgan fingerprint density at radius 1 is 1.44 bits per heavy atom. The molecule has 1 saturated carbocycles. The molecule has 4 heteroatoms. The number of thiazole rings is 1. The lowest BCUT2D eigenvalue weighted by Gasteiger charge is -2.09. The Morgan fingerprint density at radius 3 is 3.11 bits per heavy atom. The third-order valence-electron chi connectivity index (χ3n) is 3.69. The van der Waals surface area contributed by atoms with E-state index in [1.165, 1.54) is 31.4 Å². The monoisotopic (exact) mass is 264 g/mol. The molecule has 2 nitrogen and oxygen atoms in total.